The first-order valence-electron chi connectivity index (χ1n) is 4.51. The molecule has 15 heavy (non-hydrogen) atoms. The summed E-state index contributed by atoms with van der Waals surface area (Å²) in [6, 6.07) is 0. The van der Waals surface area contributed by atoms with Gasteiger partial charge in [-0.1, -0.05) is 30.9 Å². The fraction of sp³-hybridized carbons (Fsp3) is 0.182. The Labute approximate surface area is 94.2 Å². The smallest absolute Gasteiger partial charge is 0.213 e. The molecule has 0 N–H and O–H groups in total. The van der Waals surface area contributed by atoms with E-state index >= 15 is 0 Å². The lowest BCUT2D eigenvalue weighted by Crippen LogP contribution is -1.98. The van der Waals surface area contributed by atoms with Crippen molar-refractivity contribution >= 4 is 17.2 Å². The summed E-state index contributed by atoms with van der Waals surface area (Å²) in [6.07, 6.45) is 7.30. The number of nitrogens with zero attached hydrogens (tertiary/aromatic N) is 3. The summed E-state index contributed by atoms with van der Waals surface area (Å²) in [5, 5.41) is 0.212. The van der Waals surface area contributed by atoms with Crippen molar-refractivity contribution in [3.63, 3.8) is 0 Å². The molecule has 0 aromatic carbocycles. The van der Waals surface area contributed by atoms with Crippen LogP contribution in [0.4, 0.5) is 0 Å². The highest BCUT2D eigenvalue weighted by Gasteiger charge is 2.04. The molecule has 0 amide bonds. The molecular weight excluding hydrogens is 210 g/mol. The lowest BCUT2D eigenvalue weighted by atomic mass is 10.2. The first kappa shape index (κ1) is 11.6. The number of halogens is 1. The van der Waals surface area contributed by atoms with E-state index in [2.05, 4.69) is 21.5 Å². The van der Waals surface area contributed by atoms with Gasteiger partial charge in [0, 0.05) is 5.57 Å². The average molecular weight is 222 g/mol. The van der Waals surface area contributed by atoms with Gasteiger partial charge in [-0.3, -0.25) is 0 Å². The van der Waals surface area contributed by atoms with Crippen molar-refractivity contribution in [3.05, 3.63) is 47.8 Å². The fourth-order valence-corrected chi connectivity index (χ4v) is 1.25. The van der Waals surface area contributed by atoms with Crippen molar-refractivity contribution in [2.24, 2.45) is 0 Å². The van der Waals surface area contributed by atoms with E-state index in [4.69, 9.17) is 11.6 Å². The zero-order valence-electron chi connectivity index (χ0n) is 8.74. The first-order chi connectivity index (χ1) is 7.17. The van der Waals surface area contributed by atoms with Crippen LogP contribution in [0.1, 0.15) is 18.6 Å². The summed E-state index contributed by atoms with van der Waals surface area (Å²) in [5.41, 5.74) is 0.891. The summed E-state index contributed by atoms with van der Waals surface area (Å²) in [5.74, 6) is 1.18. The van der Waals surface area contributed by atoms with Crippen LogP contribution < -0.4 is 0 Å². The summed E-state index contributed by atoms with van der Waals surface area (Å²) in [6.45, 7) is 7.29. The summed E-state index contributed by atoms with van der Waals surface area (Å²) < 4.78 is 0. The molecule has 1 aromatic heterocycles. The maximum atomic E-state index is 5.75. The lowest BCUT2D eigenvalue weighted by Gasteiger charge is -2.01. The molecule has 3 nitrogen and oxygen atoms in total. The predicted molar refractivity (Wildman–Crippen MR) is 62.6 cm³/mol. The van der Waals surface area contributed by atoms with E-state index in [0.29, 0.717) is 11.6 Å². The second-order valence-electron chi connectivity index (χ2n) is 2.81. The minimum atomic E-state index is 0.212. The quantitative estimate of drug-likeness (QED) is 0.737. The van der Waals surface area contributed by atoms with Crippen molar-refractivity contribution in [3.8, 4) is 0 Å². The zero-order valence-corrected chi connectivity index (χ0v) is 9.49. The molecule has 4 heteroatoms. The molecular formula is C11H12ClN3. The van der Waals surface area contributed by atoms with E-state index in [9.17, 15) is 0 Å². The van der Waals surface area contributed by atoms with Gasteiger partial charge >= 0.3 is 0 Å². The highest BCUT2D eigenvalue weighted by atomic mass is 35.5. The molecule has 0 bridgehead atoms. The molecule has 0 atom stereocenters. The third-order valence-electron chi connectivity index (χ3n) is 1.70. The first-order valence-corrected chi connectivity index (χ1v) is 4.89. The molecule has 0 unspecified atom stereocenters. The Hall–Kier alpha value is -1.48. The molecule has 0 aliphatic carbocycles. The Kier molecular flexibility index (Phi) is 4.18. The van der Waals surface area contributed by atoms with Crippen LogP contribution in [-0.2, 0) is 0 Å². The van der Waals surface area contributed by atoms with E-state index in [1.807, 2.05) is 25.2 Å². The molecule has 1 rings (SSSR count). The van der Waals surface area contributed by atoms with Crippen molar-refractivity contribution in [2.45, 2.75) is 13.8 Å². The Bertz CT molecular complexity index is 402. The highest BCUT2D eigenvalue weighted by Crippen LogP contribution is 2.13. The number of aromatic nitrogens is 3. The molecule has 0 aliphatic heterocycles. The number of hydrogen-bond donors (Lipinski definition) is 0. The Morgan fingerprint density at radius 2 is 2.07 bits per heavy atom. The number of aryl methyl sites for hydroxylation is 1. The largest absolute Gasteiger partial charge is 0.226 e. The van der Waals surface area contributed by atoms with Crippen molar-refractivity contribution < 1.29 is 0 Å². The standard InChI is InChI=1S/C11H12ClN3/c1-4-6-7-9(5-2)10-13-8(3)14-11(12)15-10/h4-7H,1H2,2-3H3/b7-6-,9-5+. The van der Waals surface area contributed by atoms with Crippen LogP contribution in [0.25, 0.3) is 5.57 Å². The average Bonchev–Trinajstić information content (AvgIpc) is 2.17. The van der Waals surface area contributed by atoms with Crippen molar-refractivity contribution in [1.29, 1.82) is 0 Å². The second kappa shape index (κ2) is 5.41. The topological polar surface area (TPSA) is 38.7 Å². The SMILES string of the molecule is C=C/C=C\C(=C/C)c1nc(C)nc(Cl)n1. The van der Waals surface area contributed by atoms with Crippen LogP contribution in [0.15, 0.2) is 30.9 Å². The lowest BCUT2D eigenvalue weighted by molar-refractivity contribution is 0.954. The molecule has 0 saturated heterocycles. The number of hydrogen-bond acceptors (Lipinski definition) is 3. The van der Waals surface area contributed by atoms with Crippen LogP contribution in [0.5, 0.6) is 0 Å². The third-order valence-corrected chi connectivity index (χ3v) is 1.87. The zero-order chi connectivity index (χ0) is 11.3. The van der Waals surface area contributed by atoms with Crippen molar-refractivity contribution in [1.82, 2.24) is 15.0 Å². The van der Waals surface area contributed by atoms with E-state index in [1.165, 1.54) is 0 Å². The molecule has 78 valence electrons. The van der Waals surface area contributed by atoms with Crippen LogP contribution in [0, 0.1) is 6.92 Å². The van der Waals surface area contributed by atoms with Crippen LogP contribution in [0.2, 0.25) is 5.28 Å². The van der Waals surface area contributed by atoms with Gasteiger partial charge < -0.3 is 0 Å². The summed E-state index contributed by atoms with van der Waals surface area (Å²) in [4.78, 5) is 12.1. The van der Waals surface area contributed by atoms with E-state index in [0.717, 1.165) is 5.57 Å². The maximum absolute atomic E-state index is 5.75. The minimum absolute atomic E-state index is 0.212. The van der Waals surface area contributed by atoms with E-state index in [1.54, 1.807) is 13.0 Å². The van der Waals surface area contributed by atoms with Gasteiger partial charge in [-0.25, -0.2) is 9.97 Å². The van der Waals surface area contributed by atoms with E-state index in [-0.39, 0.29) is 5.28 Å². The monoisotopic (exact) mass is 221 g/mol. The molecule has 0 radical (unpaired) electrons. The maximum Gasteiger partial charge on any atom is 0.226 e. The molecule has 0 spiro atoms. The molecule has 0 saturated carbocycles. The van der Waals surface area contributed by atoms with E-state index < -0.39 is 0 Å². The van der Waals surface area contributed by atoms with Crippen LogP contribution in [0.3, 0.4) is 0 Å². The Morgan fingerprint density at radius 1 is 1.33 bits per heavy atom. The molecule has 0 fully saturated rings. The number of rotatable bonds is 3. The molecule has 1 heterocycles. The van der Waals surface area contributed by atoms with Crippen LogP contribution >= 0.6 is 11.6 Å². The van der Waals surface area contributed by atoms with Gasteiger partial charge in [0.15, 0.2) is 5.82 Å². The van der Waals surface area contributed by atoms with Gasteiger partial charge in [0.05, 0.1) is 0 Å². The highest BCUT2D eigenvalue weighted by molar-refractivity contribution is 6.28. The van der Waals surface area contributed by atoms with Crippen LogP contribution in [-0.4, -0.2) is 15.0 Å². The Balaban J connectivity index is 3.13. The van der Waals surface area contributed by atoms with Gasteiger partial charge in [0.2, 0.25) is 5.28 Å². The summed E-state index contributed by atoms with van der Waals surface area (Å²) >= 11 is 5.75. The number of allylic oxidation sites excluding steroid dienone is 5. The predicted octanol–water partition coefficient (Wildman–Crippen LogP) is 2.98. The molecule has 1 aromatic rings. The van der Waals surface area contributed by atoms with Gasteiger partial charge in [0.1, 0.15) is 5.82 Å². The Morgan fingerprint density at radius 3 is 2.60 bits per heavy atom. The summed E-state index contributed by atoms with van der Waals surface area (Å²) in [7, 11) is 0. The molecule has 0 aliphatic rings. The van der Waals surface area contributed by atoms with Gasteiger partial charge in [0.25, 0.3) is 0 Å². The van der Waals surface area contributed by atoms with Gasteiger partial charge in [-0.05, 0) is 25.4 Å². The third kappa shape index (κ3) is 3.29. The fourth-order valence-electron chi connectivity index (χ4n) is 1.05. The van der Waals surface area contributed by atoms with Crippen molar-refractivity contribution in [2.75, 3.05) is 0 Å². The van der Waals surface area contributed by atoms with Gasteiger partial charge in [-0.15, -0.1) is 0 Å². The minimum Gasteiger partial charge on any atom is -0.213 e. The second-order valence-corrected chi connectivity index (χ2v) is 3.15. The van der Waals surface area contributed by atoms with Gasteiger partial charge in [-0.2, -0.15) is 4.98 Å². The normalized spacial score (nSPS) is 12.1.